The molecule has 1 saturated heterocycles. The van der Waals surface area contributed by atoms with Crippen LogP contribution in [0.3, 0.4) is 0 Å². The Labute approximate surface area is 116 Å². The summed E-state index contributed by atoms with van der Waals surface area (Å²) in [4.78, 5) is 14.2. The van der Waals surface area contributed by atoms with Crippen LogP contribution in [0.4, 0.5) is 0 Å². The van der Waals surface area contributed by atoms with E-state index in [0.717, 1.165) is 18.0 Å². The smallest absolute Gasteiger partial charge is 0.251 e. The van der Waals surface area contributed by atoms with Gasteiger partial charge < -0.3 is 5.32 Å². The van der Waals surface area contributed by atoms with Gasteiger partial charge in [0.2, 0.25) is 0 Å². The molecule has 3 heteroatoms. The molecular formula is C16H24N2O. The quantitative estimate of drug-likeness (QED) is 0.902. The van der Waals surface area contributed by atoms with Crippen molar-refractivity contribution in [2.45, 2.75) is 33.2 Å². The van der Waals surface area contributed by atoms with E-state index >= 15 is 0 Å². The second-order valence-corrected chi connectivity index (χ2v) is 5.52. The van der Waals surface area contributed by atoms with Gasteiger partial charge in [0.25, 0.3) is 5.91 Å². The third-order valence-corrected chi connectivity index (χ3v) is 3.84. The first kappa shape index (κ1) is 14.1. The molecule has 1 fully saturated rings. The SMILES string of the molecule is CCNC(=O)c1ccc(CN2CCC(C)CC2)cc1. The van der Waals surface area contributed by atoms with Gasteiger partial charge in [0.15, 0.2) is 0 Å². The Morgan fingerprint density at radius 3 is 2.47 bits per heavy atom. The molecule has 1 amide bonds. The number of amides is 1. The predicted octanol–water partition coefficient (Wildman–Crippen LogP) is 2.67. The maximum Gasteiger partial charge on any atom is 0.251 e. The number of nitrogens with zero attached hydrogens (tertiary/aromatic N) is 1. The molecule has 0 aliphatic carbocycles. The molecule has 0 unspecified atom stereocenters. The third-order valence-electron chi connectivity index (χ3n) is 3.84. The second kappa shape index (κ2) is 6.71. The molecule has 1 aliphatic heterocycles. The highest BCUT2D eigenvalue weighted by Crippen LogP contribution is 2.18. The topological polar surface area (TPSA) is 32.3 Å². The number of likely N-dealkylation sites (tertiary alicyclic amines) is 1. The van der Waals surface area contributed by atoms with E-state index in [9.17, 15) is 4.79 Å². The molecule has 104 valence electrons. The standard InChI is InChI=1S/C16H24N2O/c1-3-17-16(19)15-6-4-14(5-7-15)12-18-10-8-13(2)9-11-18/h4-7,13H,3,8-12H2,1-2H3,(H,17,19). The second-order valence-electron chi connectivity index (χ2n) is 5.52. The lowest BCUT2D eigenvalue weighted by molar-refractivity contribution is 0.0956. The van der Waals surface area contributed by atoms with Crippen LogP contribution in [0.2, 0.25) is 0 Å². The van der Waals surface area contributed by atoms with E-state index in [1.807, 2.05) is 19.1 Å². The molecular weight excluding hydrogens is 236 g/mol. The van der Waals surface area contributed by atoms with Gasteiger partial charge in [-0.25, -0.2) is 0 Å². The minimum atomic E-state index is 0.0147. The number of rotatable bonds is 4. The molecule has 19 heavy (non-hydrogen) atoms. The van der Waals surface area contributed by atoms with Crippen molar-refractivity contribution in [2.75, 3.05) is 19.6 Å². The number of hydrogen-bond acceptors (Lipinski definition) is 2. The summed E-state index contributed by atoms with van der Waals surface area (Å²) in [6.45, 7) is 8.33. The van der Waals surface area contributed by atoms with Crippen molar-refractivity contribution in [3.63, 3.8) is 0 Å². The monoisotopic (exact) mass is 260 g/mol. The van der Waals surface area contributed by atoms with Gasteiger partial charge in [0, 0.05) is 18.7 Å². The summed E-state index contributed by atoms with van der Waals surface area (Å²) >= 11 is 0. The molecule has 3 nitrogen and oxygen atoms in total. The number of carbonyl (C=O) groups excluding carboxylic acids is 1. The van der Waals surface area contributed by atoms with Crippen LogP contribution in [0.25, 0.3) is 0 Å². The highest BCUT2D eigenvalue weighted by atomic mass is 16.1. The van der Waals surface area contributed by atoms with Crippen molar-refractivity contribution in [3.05, 3.63) is 35.4 Å². The summed E-state index contributed by atoms with van der Waals surface area (Å²) in [6, 6.07) is 7.99. The number of hydrogen-bond donors (Lipinski definition) is 1. The van der Waals surface area contributed by atoms with Crippen LogP contribution in [0.1, 0.15) is 42.6 Å². The van der Waals surface area contributed by atoms with Crippen molar-refractivity contribution < 1.29 is 4.79 Å². The van der Waals surface area contributed by atoms with Crippen LogP contribution in [0, 0.1) is 5.92 Å². The zero-order valence-corrected chi connectivity index (χ0v) is 12.0. The molecule has 0 saturated carbocycles. The Bertz CT molecular complexity index is 405. The van der Waals surface area contributed by atoms with Crippen LogP contribution >= 0.6 is 0 Å². The van der Waals surface area contributed by atoms with E-state index in [4.69, 9.17) is 0 Å². The largest absolute Gasteiger partial charge is 0.352 e. The fourth-order valence-electron chi connectivity index (χ4n) is 2.50. The average molecular weight is 260 g/mol. The van der Waals surface area contributed by atoms with Crippen LogP contribution in [-0.2, 0) is 6.54 Å². The van der Waals surface area contributed by atoms with Gasteiger partial charge in [-0.1, -0.05) is 19.1 Å². The van der Waals surface area contributed by atoms with Gasteiger partial charge >= 0.3 is 0 Å². The van der Waals surface area contributed by atoms with Crippen LogP contribution in [-0.4, -0.2) is 30.4 Å². The molecule has 2 rings (SSSR count). The highest BCUT2D eigenvalue weighted by Gasteiger charge is 2.15. The number of benzene rings is 1. The molecule has 0 atom stereocenters. The molecule has 0 radical (unpaired) electrons. The summed E-state index contributed by atoms with van der Waals surface area (Å²) in [7, 11) is 0. The fourth-order valence-corrected chi connectivity index (χ4v) is 2.50. The lowest BCUT2D eigenvalue weighted by Crippen LogP contribution is -2.32. The van der Waals surface area contributed by atoms with Gasteiger partial charge in [0.1, 0.15) is 0 Å². The van der Waals surface area contributed by atoms with Crippen molar-refractivity contribution >= 4 is 5.91 Å². The van der Waals surface area contributed by atoms with Crippen molar-refractivity contribution in [3.8, 4) is 0 Å². The zero-order valence-electron chi connectivity index (χ0n) is 12.0. The Morgan fingerprint density at radius 1 is 1.26 bits per heavy atom. The summed E-state index contributed by atoms with van der Waals surface area (Å²) in [5.74, 6) is 0.886. The van der Waals surface area contributed by atoms with E-state index in [2.05, 4.69) is 29.3 Å². The highest BCUT2D eigenvalue weighted by molar-refractivity contribution is 5.94. The van der Waals surface area contributed by atoms with Gasteiger partial charge in [0.05, 0.1) is 0 Å². The molecule has 1 N–H and O–H groups in total. The minimum Gasteiger partial charge on any atom is -0.352 e. The zero-order chi connectivity index (χ0) is 13.7. The van der Waals surface area contributed by atoms with Gasteiger partial charge in [-0.2, -0.15) is 0 Å². The molecule has 1 heterocycles. The molecule has 1 aliphatic rings. The Hall–Kier alpha value is -1.35. The average Bonchev–Trinajstić information content (AvgIpc) is 2.42. The maximum atomic E-state index is 11.7. The van der Waals surface area contributed by atoms with E-state index < -0.39 is 0 Å². The number of nitrogens with one attached hydrogen (secondary N) is 1. The first-order valence-corrected chi connectivity index (χ1v) is 7.28. The normalized spacial score (nSPS) is 17.4. The Balaban J connectivity index is 1.90. The molecule has 1 aromatic rings. The predicted molar refractivity (Wildman–Crippen MR) is 78.1 cm³/mol. The van der Waals surface area contributed by atoms with E-state index in [1.165, 1.54) is 31.5 Å². The van der Waals surface area contributed by atoms with Crippen LogP contribution in [0.5, 0.6) is 0 Å². The van der Waals surface area contributed by atoms with Crippen molar-refractivity contribution in [2.24, 2.45) is 5.92 Å². The van der Waals surface area contributed by atoms with Crippen molar-refractivity contribution in [1.29, 1.82) is 0 Å². The Kier molecular flexibility index (Phi) is 4.97. The van der Waals surface area contributed by atoms with Crippen LogP contribution in [0.15, 0.2) is 24.3 Å². The summed E-state index contributed by atoms with van der Waals surface area (Å²) < 4.78 is 0. The summed E-state index contributed by atoms with van der Waals surface area (Å²) in [5.41, 5.74) is 2.04. The van der Waals surface area contributed by atoms with E-state index in [1.54, 1.807) is 0 Å². The van der Waals surface area contributed by atoms with Gasteiger partial charge in [-0.3, -0.25) is 9.69 Å². The minimum absolute atomic E-state index is 0.0147. The molecule has 0 bridgehead atoms. The number of carbonyl (C=O) groups is 1. The van der Waals surface area contributed by atoms with Crippen LogP contribution < -0.4 is 5.32 Å². The first-order valence-electron chi connectivity index (χ1n) is 7.28. The lowest BCUT2D eigenvalue weighted by Gasteiger charge is -2.30. The van der Waals surface area contributed by atoms with E-state index in [-0.39, 0.29) is 5.91 Å². The summed E-state index contributed by atoms with van der Waals surface area (Å²) in [6.07, 6.45) is 2.61. The first-order chi connectivity index (χ1) is 9.19. The van der Waals surface area contributed by atoms with Crippen molar-refractivity contribution in [1.82, 2.24) is 10.2 Å². The van der Waals surface area contributed by atoms with E-state index in [0.29, 0.717) is 6.54 Å². The van der Waals surface area contributed by atoms with Gasteiger partial charge in [-0.05, 0) is 56.5 Å². The Morgan fingerprint density at radius 2 is 1.89 bits per heavy atom. The molecule has 1 aromatic carbocycles. The maximum absolute atomic E-state index is 11.7. The lowest BCUT2D eigenvalue weighted by atomic mass is 9.99. The third kappa shape index (κ3) is 4.06. The fraction of sp³-hybridized carbons (Fsp3) is 0.562. The molecule has 0 aromatic heterocycles. The molecule has 0 spiro atoms. The summed E-state index contributed by atoms with van der Waals surface area (Å²) in [5, 5.41) is 2.82. The van der Waals surface area contributed by atoms with Gasteiger partial charge in [-0.15, -0.1) is 0 Å². The number of piperidine rings is 1.